The van der Waals surface area contributed by atoms with Crippen LogP contribution in [0, 0.1) is 13.8 Å². The number of rotatable bonds is 4. The number of nitrogens with one attached hydrogen (secondary N) is 1. The molecule has 0 saturated carbocycles. The summed E-state index contributed by atoms with van der Waals surface area (Å²) in [5.74, 6) is 0.999. The van der Waals surface area contributed by atoms with Crippen LogP contribution in [-0.2, 0) is 0 Å². The van der Waals surface area contributed by atoms with Crippen molar-refractivity contribution in [2.75, 3.05) is 6.54 Å². The van der Waals surface area contributed by atoms with Crippen LogP contribution in [-0.4, -0.2) is 17.6 Å². The summed E-state index contributed by atoms with van der Waals surface area (Å²) in [5, 5.41) is 13.3. The van der Waals surface area contributed by atoms with E-state index >= 15 is 0 Å². The van der Waals surface area contributed by atoms with E-state index in [0.29, 0.717) is 27.7 Å². The summed E-state index contributed by atoms with van der Waals surface area (Å²) in [6.07, 6.45) is -0.774. The van der Waals surface area contributed by atoms with Crippen LogP contribution in [0.5, 0.6) is 0 Å². The lowest BCUT2D eigenvalue weighted by atomic mass is 10.1. The minimum atomic E-state index is -0.774. The molecular weight excluding hydrogens is 278 g/mol. The number of benzene rings is 1. The van der Waals surface area contributed by atoms with E-state index in [-0.39, 0.29) is 12.5 Å². The third-order valence-corrected chi connectivity index (χ3v) is 3.25. The molecule has 1 atom stereocenters. The summed E-state index contributed by atoms with van der Waals surface area (Å²) < 4.78 is 5.30. The van der Waals surface area contributed by atoms with Crippen LogP contribution >= 0.6 is 11.6 Å². The predicted octanol–water partition coefficient (Wildman–Crippen LogP) is 3.01. The van der Waals surface area contributed by atoms with E-state index in [9.17, 15) is 9.90 Å². The molecule has 20 heavy (non-hydrogen) atoms. The average molecular weight is 294 g/mol. The molecule has 0 fully saturated rings. The molecule has 0 aliphatic rings. The number of carbonyl (C=O) groups excluding carboxylic acids is 1. The van der Waals surface area contributed by atoms with Crippen molar-refractivity contribution in [3.8, 4) is 0 Å². The van der Waals surface area contributed by atoms with Crippen LogP contribution in [0.3, 0.4) is 0 Å². The molecule has 1 amide bonds. The summed E-state index contributed by atoms with van der Waals surface area (Å²) in [7, 11) is 0. The molecule has 0 aliphatic heterocycles. The van der Waals surface area contributed by atoms with Crippen LogP contribution < -0.4 is 5.32 Å². The van der Waals surface area contributed by atoms with Gasteiger partial charge in [-0.05, 0) is 37.6 Å². The van der Waals surface area contributed by atoms with Gasteiger partial charge in [0.15, 0.2) is 0 Å². The lowest BCUT2D eigenvalue weighted by Crippen LogP contribution is -2.28. The van der Waals surface area contributed by atoms with Gasteiger partial charge in [-0.3, -0.25) is 4.79 Å². The van der Waals surface area contributed by atoms with Gasteiger partial charge in [-0.1, -0.05) is 23.7 Å². The van der Waals surface area contributed by atoms with Gasteiger partial charge in [-0.25, -0.2) is 0 Å². The van der Waals surface area contributed by atoms with Crippen LogP contribution in [0.25, 0.3) is 0 Å². The van der Waals surface area contributed by atoms with E-state index in [1.54, 1.807) is 44.2 Å². The molecule has 0 aliphatic carbocycles. The summed E-state index contributed by atoms with van der Waals surface area (Å²) >= 11 is 5.78. The molecule has 106 valence electrons. The normalized spacial score (nSPS) is 12.2. The fourth-order valence-corrected chi connectivity index (χ4v) is 2.07. The number of aryl methyl sites for hydroxylation is 2. The molecule has 0 bridgehead atoms. The second-order valence-corrected chi connectivity index (χ2v) is 5.04. The maximum absolute atomic E-state index is 12.0. The number of furan rings is 1. The Bertz CT molecular complexity index is 604. The van der Waals surface area contributed by atoms with Gasteiger partial charge in [0, 0.05) is 11.6 Å². The molecule has 5 heteroatoms. The first kappa shape index (κ1) is 14.6. The van der Waals surface area contributed by atoms with E-state index in [1.807, 2.05) is 0 Å². The molecule has 0 saturated heterocycles. The SMILES string of the molecule is Cc1cc(C(=O)NCC(O)c2ccc(Cl)cc2)c(C)o1. The van der Waals surface area contributed by atoms with Crippen molar-refractivity contribution < 1.29 is 14.3 Å². The van der Waals surface area contributed by atoms with E-state index in [2.05, 4.69) is 5.32 Å². The Hall–Kier alpha value is -1.78. The van der Waals surface area contributed by atoms with Crippen LogP contribution in [0.2, 0.25) is 5.02 Å². The topological polar surface area (TPSA) is 62.5 Å². The molecule has 2 aromatic rings. The second kappa shape index (κ2) is 6.11. The monoisotopic (exact) mass is 293 g/mol. The molecular formula is C15H16ClNO3. The van der Waals surface area contributed by atoms with Crippen molar-refractivity contribution in [2.45, 2.75) is 20.0 Å². The summed E-state index contributed by atoms with van der Waals surface area (Å²) in [6.45, 7) is 3.65. The molecule has 2 rings (SSSR count). The standard InChI is InChI=1S/C15H16ClNO3/c1-9-7-13(10(2)20-9)15(19)17-8-14(18)11-3-5-12(16)6-4-11/h3-7,14,18H,8H2,1-2H3,(H,17,19). The van der Waals surface area contributed by atoms with Crippen molar-refractivity contribution in [1.82, 2.24) is 5.32 Å². The maximum atomic E-state index is 12.0. The predicted molar refractivity (Wildman–Crippen MR) is 76.9 cm³/mol. The Morgan fingerprint density at radius 3 is 2.55 bits per heavy atom. The van der Waals surface area contributed by atoms with Gasteiger partial charge in [0.1, 0.15) is 11.5 Å². The Kier molecular flexibility index (Phi) is 4.47. The molecule has 1 heterocycles. The highest BCUT2D eigenvalue weighted by atomic mass is 35.5. The van der Waals surface area contributed by atoms with Crippen molar-refractivity contribution in [3.63, 3.8) is 0 Å². The van der Waals surface area contributed by atoms with Gasteiger partial charge >= 0.3 is 0 Å². The van der Waals surface area contributed by atoms with Crippen LogP contribution in [0.4, 0.5) is 0 Å². The zero-order valence-corrected chi connectivity index (χ0v) is 12.1. The van der Waals surface area contributed by atoms with E-state index < -0.39 is 6.10 Å². The zero-order chi connectivity index (χ0) is 14.7. The highest BCUT2D eigenvalue weighted by Gasteiger charge is 2.15. The molecule has 1 aromatic carbocycles. The molecule has 2 N–H and O–H groups in total. The van der Waals surface area contributed by atoms with Gasteiger partial charge < -0.3 is 14.8 Å². The van der Waals surface area contributed by atoms with E-state index in [4.69, 9.17) is 16.0 Å². The number of aliphatic hydroxyl groups excluding tert-OH is 1. The van der Waals surface area contributed by atoms with E-state index in [1.165, 1.54) is 0 Å². The smallest absolute Gasteiger partial charge is 0.254 e. The van der Waals surface area contributed by atoms with Crippen molar-refractivity contribution in [2.24, 2.45) is 0 Å². The molecule has 1 aromatic heterocycles. The molecule has 1 unspecified atom stereocenters. The molecule has 0 radical (unpaired) electrons. The number of hydrogen-bond donors (Lipinski definition) is 2. The number of amides is 1. The van der Waals surface area contributed by atoms with Crippen molar-refractivity contribution in [3.05, 3.63) is 58.0 Å². The zero-order valence-electron chi connectivity index (χ0n) is 11.3. The number of carbonyl (C=O) groups is 1. The van der Waals surface area contributed by atoms with Gasteiger partial charge in [0.2, 0.25) is 0 Å². The third-order valence-electron chi connectivity index (χ3n) is 3.00. The van der Waals surface area contributed by atoms with Gasteiger partial charge in [-0.2, -0.15) is 0 Å². The molecule has 0 spiro atoms. The van der Waals surface area contributed by atoms with E-state index in [0.717, 1.165) is 0 Å². The fourth-order valence-electron chi connectivity index (χ4n) is 1.94. The number of hydrogen-bond acceptors (Lipinski definition) is 3. The van der Waals surface area contributed by atoms with Crippen molar-refractivity contribution in [1.29, 1.82) is 0 Å². The van der Waals surface area contributed by atoms with Crippen LogP contribution in [0.1, 0.15) is 33.5 Å². The second-order valence-electron chi connectivity index (χ2n) is 4.60. The molecule has 4 nitrogen and oxygen atoms in total. The van der Waals surface area contributed by atoms with Gasteiger partial charge in [-0.15, -0.1) is 0 Å². The average Bonchev–Trinajstić information content (AvgIpc) is 2.75. The first-order valence-corrected chi connectivity index (χ1v) is 6.64. The Labute approximate surface area is 122 Å². The Morgan fingerprint density at radius 2 is 2.00 bits per heavy atom. The Morgan fingerprint density at radius 1 is 1.35 bits per heavy atom. The van der Waals surface area contributed by atoms with Gasteiger partial charge in [0.05, 0.1) is 11.7 Å². The van der Waals surface area contributed by atoms with Gasteiger partial charge in [0.25, 0.3) is 5.91 Å². The first-order valence-electron chi connectivity index (χ1n) is 6.26. The third kappa shape index (κ3) is 3.40. The summed E-state index contributed by atoms with van der Waals surface area (Å²) in [4.78, 5) is 12.0. The Balaban J connectivity index is 1.96. The lowest BCUT2D eigenvalue weighted by molar-refractivity contribution is 0.0915. The highest BCUT2D eigenvalue weighted by Crippen LogP contribution is 2.17. The minimum absolute atomic E-state index is 0.129. The summed E-state index contributed by atoms with van der Waals surface area (Å²) in [5.41, 5.74) is 1.20. The first-order chi connectivity index (χ1) is 9.47. The quantitative estimate of drug-likeness (QED) is 0.911. The minimum Gasteiger partial charge on any atom is -0.466 e. The van der Waals surface area contributed by atoms with Crippen LogP contribution in [0.15, 0.2) is 34.7 Å². The number of aliphatic hydroxyl groups is 1. The largest absolute Gasteiger partial charge is 0.466 e. The number of halogens is 1. The lowest BCUT2D eigenvalue weighted by Gasteiger charge is -2.12. The fraction of sp³-hybridized carbons (Fsp3) is 0.267. The van der Waals surface area contributed by atoms with Crippen molar-refractivity contribution >= 4 is 17.5 Å². The maximum Gasteiger partial charge on any atom is 0.254 e. The highest BCUT2D eigenvalue weighted by molar-refractivity contribution is 6.30. The summed E-state index contributed by atoms with van der Waals surface area (Å²) in [6, 6.07) is 8.54.